The fourth-order valence-corrected chi connectivity index (χ4v) is 3.04. The zero-order chi connectivity index (χ0) is 19.6. The average molecular weight is 361 g/mol. The van der Waals surface area contributed by atoms with Crippen LogP contribution in [-0.2, 0) is 4.79 Å². The number of primary amides is 1. The third kappa shape index (κ3) is 3.97. The van der Waals surface area contributed by atoms with Crippen molar-refractivity contribution < 1.29 is 9.59 Å². The zero-order valence-corrected chi connectivity index (χ0v) is 15.8. The molecule has 1 heterocycles. The highest BCUT2D eigenvalue weighted by Crippen LogP contribution is 2.26. The van der Waals surface area contributed by atoms with Gasteiger partial charge in [0.2, 0.25) is 5.91 Å². The Morgan fingerprint density at radius 3 is 2.37 bits per heavy atom. The highest BCUT2D eigenvalue weighted by Gasteiger charge is 2.23. The molecule has 1 aromatic heterocycles. The number of aromatic nitrogens is 1. The molecule has 3 aromatic rings. The van der Waals surface area contributed by atoms with E-state index in [1.165, 1.54) is 4.90 Å². The highest BCUT2D eigenvalue weighted by molar-refractivity contribution is 6.08. The summed E-state index contributed by atoms with van der Waals surface area (Å²) < 4.78 is 0. The summed E-state index contributed by atoms with van der Waals surface area (Å²) in [5.74, 6) is -0.759. The van der Waals surface area contributed by atoms with E-state index in [2.05, 4.69) is 0 Å². The second-order valence-electron chi connectivity index (χ2n) is 6.93. The maximum atomic E-state index is 13.3. The molecule has 27 heavy (non-hydrogen) atoms. The van der Waals surface area contributed by atoms with Gasteiger partial charge in [-0.25, -0.2) is 4.98 Å². The molecule has 2 N–H and O–H groups in total. The Hall–Kier alpha value is -3.21. The monoisotopic (exact) mass is 361 g/mol. The largest absolute Gasteiger partial charge is 0.368 e. The number of rotatable bonds is 5. The number of carbonyl (C=O) groups excluding carboxylic acids is 2. The Balaban J connectivity index is 2.16. The molecule has 2 aromatic carbocycles. The molecule has 0 aliphatic heterocycles. The van der Waals surface area contributed by atoms with Crippen LogP contribution in [0.5, 0.6) is 0 Å². The van der Waals surface area contributed by atoms with E-state index in [1.54, 1.807) is 6.07 Å². The van der Waals surface area contributed by atoms with Crippen LogP contribution in [-0.4, -0.2) is 34.3 Å². The molecule has 0 unspecified atom stereocenters. The number of benzene rings is 2. The molecule has 0 saturated carbocycles. The minimum absolute atomic E-state index is 0.118. The molecule has 5 heteroatoms. The number of amides is 2. The van der Waals surface area contributed by atoms with Gasteiger partial charge in [-0.05, 0) is 32.9 Å². The molecule has 5 nitrogen and oxygen atoms in total. The van der Waals surface area contributed by atoms with Crippen molar-refractivity contribution in [3.8, 4) is 11.3 Å². The van der Waals surface area contributed by atoms with Gasteiger partial charge in [-0.3, -0.25) is 9.59 Å². The lowest BCUT2D eigenvalue weighted by Crippen LogP contribution is -2.42. The van der Waals surface area contributed by atoms with E-state index in [4.69, 9.17) is 10.7 Å². The summed E-state index contributed by atoms with van der Waals surface area (Å²) in [4.78, 5) is 30.9. The van der Waals surface area contributed by atoms with Crippen LogP contribution in [0.1, 0.15) is 29.8 Å². The lowest BCUT2D eigenvalue weighted by molar-refractivity contribution is -0.119. The van der Waals surface area contributed by atoms with E-state index < -0.39 is 5.91 Å². The number of aryl methyl sites for hydroxylation is 1. The van der Waals surface area contributed by atoms with Crippen LogP contribution < -0.4 is 5.73 Å². The van der Waals surface area contributed by atoms with Crippen molar-refractivity contribution in [2.24, 2.45) is 5.73 Å². The van der Waals surface area contributed by atoms with Gasteiger partial charge in [0.25, 0.3) is 5.91 Å². The number of hydrogen-bond donors (Lipinski definition) is 1. The van der Waals surface area contributed by atoms with Gasteiger partial charge >= 0.3 is 0 Å². The van der Waals surface area contributed by atoms with Crippen LogP contribution in [0.3, 0.4) is 0 Å². The summed E-state index contributed by atoms with van der Waals surface area (Å²) in [6, 6.07) is 17.2. The predicted molar refractivity (Wildman–Crippen MR) is 107 cm³/mol. The molecule has 0 spiro atoms. The number of hydrogen-bond acceptors (Lipinski definition) is 3. The Labute approximate surface area is 158 Å². The van der Waals surface area contributed by atoms with Crippen LogP contribution in [0.25, 0.3) is 22.2 Å². The van der Waals surface area contributed by atoms with Gasteiger partial charge in [0, 0.05) is 17.0 Å². The normalized spacial score (nSPS) is 11.0. The quantitative estimate of drug-likeness (QED) is 0.755. The van der Waals surface area contributed by atoms with Gasteiger partial charge in [-0.1, -0.05) is 48.0 Å². The Morgan fingerprint density at radius 1 is 1.07 bits per heavy atom. The SMILES string of the molecule is Cc1ccc(-c2cc(C(=O)N(CC(N)=O)C(C)C)c3ccccc3n2)cc1. The summed E-state index contributed by atoms with van der Waals surface area (Å²) in [6.45, 7) is 5.64. The topological polar surface area (TPSA) is 76.3 Å². The predicted octanol–water partition coefficient (Wildman–Crippen LogP) is 3.55. The first kappa shape index (κ1) is 18.6. The first-order valence-electron chi connectivity index (χ1n) is 8.93. The number of para-hydroxylation sites is 1. The third-order valence-corrected chi connectivity index (χ3v) is 4.50. The number of nitrogens with two attached hydrogens (primary N) is 1. The van der Waals surface area contributed by atoms with E-state index in [0.29, 0.717) is 5.56 Å². The van der Waals surface area contributed by atoms with Crippen molar-refractivity contribution in [3.05, 3.63) is 65.7 Å². The van der Waals surface area contributed by atoms with Gasteiger partial charge in [-0.2, -0.15) is 0 Å². The van der Waals surface area contributed by atoms with Gasteiger partial charge in [0.15, 0.2) is 0 Å². The molecule has 0 radical (unpaired) electrons. The van der Waals surface area contributed by atoms with Gasteiger partial charge in [0.05, 0.1) is 23.3 Å². The molecule has 0 atom stereocenters. The third-order valence-electron chi connectivity index (χ3n) is 4.50. The number of carbonyl (C=O) groups is 2. The van der Waals surface area contributed by atoms with E-state index in [0.717, 1.165) is 27.7 Å². The van der Waals surface area contributed by atoms with Crippen LogP contribution in [0.2, 0.25) is 0 Å². The molecule has 0 aliphatic carbocycles. The summed E-state index contributed by atoms with van der Waals surface area (Å²) in [5.41, 5.74) is 9.42. The van der Waals surface area contributed by atoms with Crippen molar-refractivity contribution in [2.45, 2.75) is 26.8 Å². The fourth-order valence-electron chi connectivity index (χ4n) is 3.04. The van der Waals surface area contributed by atoms with Crippen LogP contribution >= 0.6 is 0 Å². The fraction of sp³-hybridized carbons (Fsp3) is 0.227. The standard InChI is InChI=1S/C22H23N3O2/c1-14(2)25(13-21(23)26)22(27)18-12-20(16-10-8-15(3)9-11-16)24-19-7-5-4-6-17(18)19/h4-12,14H,13H2,1-3H3,(H2,23,26). The highest BCUT2D eigenvalue weighted by atomic mass is 16.2. The molecule has 138 valence electrons. The molecule has 0 bridgehead atoms. The molecular formula is C22H23N3O2. The maximum Gasteiger partial charge on any atom is 0.255 e. The first-order valence-corrected chi connectivity index (χ1v) is 8.93. The smallest absolute Gasteiger partial charge is 0.255 e. The summed E-state index contributed by atoms with van der Waals surface area (Å²) >= 11 is 0. The van der Waals surface area contributed by atoms with Crippen molar-refractivity contribution in [1.29, 1.82) is 0 Å². The Kier molecular flexibility index (Phi) is 5.21. The zero-order valence-electron chi connectivity index (χ0n) is 15.8. The van der Waals surface area contributed by atoms with Gasteiger partial charge in [-0.15, -0.1) is 0 Å². The van der Waals surface area contributed by atoms with Crippen LogP contribution in [0.15, 0.2) is 54.6 Å². The summed E-state index contributed by atoms with van der Waals surface area (Å²) in [6.07, 6.45) is 0. The summed E-state index contributed by atoms with van der Waals surface area (Å²) in [5, 5.41) is 0.758. The first-order chi connectivity index (χ1) is 12.9. The number of pyridine rings is 1. The lowest BCUT2D eigenvalue weighted by atomic mass is 10.0. The number of fused-ring (bicyclic) bond motifs is 1. The molecule has 3 rings (SSSR count). The van der Waals surface area contributed by atoms with E-state index in [1.807, 2.05) is 69.3 Å². The van der Waals surface area contributed by atoms with Crippen molar-refractivity contribution in [3.63, 3.8) is 0 Å². The van der Waals surface area contributed by atoms with Crippen molar-refractivity contribution >= 4 is 22.7 Å². The van der Waals surface area contributed by atoms with Gasteiger partial charge < -0.3 is 10.6 Å². The number of nitrogens with zero attached hydrogens (tertiary/aromatic N) is 2. The molecule has 0 saturated heterocycles. The molecule has 0 fully saturated rings. The Bertz CT molecular complexity index is 994. The maximum absolute atomic E-state index is 13.3. The summed E-state index contributed by atoms with van der Waals surface area (Å²) in [7, 11) is 0. The van der Waals surface area contributed by atoms with Crippen LogP contribution in [0.4, 0.5) is 0 Å². The van der Waals surface area contributed by atoms with Crippen LogP contribution in [0, 0.1) is 6.92 Å². The minimum Gasteiger partial charge on any atom is -0.368 e. The second-order valence-corrected chi connectivity index (χ2v) is 6.93. The van der Waals surface area contributed by atoms with E-state index in [-0.39, 0.29) is 18.5 Å². The lowest BCUT2D eigenvalue weighted by Gasteiger charge is -2.26. The van der Waals surface area contributed by atoms with Crippen molar-refractivity contribution in [2.75, 3.05) is 6.54 Å². The van der Waals surface area contributed by atoms with Crippen molar-refractivity contribution in [1.82, 2.24) is 9.88 Å². The van der Waals surface area contributed by atoms with Gasteiger partial charge in [0.1, 0.15) is 0 Å². The minimum atomic E-state index is -0.533. The second kappa shape index (κ2) is 7.58. The molecular weight excluding hydrogens is 338 g/mol. The molecule has 2 amide bonds. The molecule has 0 aliphatic rings. The van der Waals surface area contributed by atoms with E-state index in [9.17, 15) is 9.59 Å². The average Bonchev–Trinajstić information content (AvgIpc) is 2.65. The van der Waals surface area contributed by atoms with E-state index >= 15 is 0 Å². The Morgan fingerprint density at radius 2 is 1.74 bits per heavy atom.